The predicted molar refractivity (Wildman–Crippen MR) is 108 cm³/mol. The average Bonchev–Trinajstić information content (AvgIpc) is 3.36. The van der Waals surface area contributed by atoms with Gasteiger partial charge in [-0.3, -0.25) is 14.8 Å². The number of aromatic amines is 1. The van der Waals surface area contributed by atoms with Crippen LogP contribution in [0, 0.1) is 6.92 Å². The Morgan fingerprint density at radius 2 is 1.97 bits per heavy atom. The number of piperazine rings is 1. The molecule has 0 saturated carbocycles. The molecule has 3 aromatic rings. The van der Waals surface area contributed by atoms with Gasteiger partial charge in [0.05, 0.1) is 12.3 Å². The number of thioether (sulfide) groups is 1. The highest BCUT2D eigenvalue weighted by Crippen LogP contribution is 2.24. The van der Waals surface area contributed by atoms with Crippen molar-refractivity contribution in [3.8, 4) is 11.5 Å². The van der Waals surface area contributed by atoms with Crippen LogP contribution in [-0.2, 0) is 11.3 Å². The molecule has 1 N–H and O–H groups in total. The maximum Gasteiger partial charge on any atom is 0.277 e. The topological polar surface area (TPSA) is 104 Å². The van der Waals surface area contributed by atoms with Gasteiger partial charge in [-0.1, -0.05) is 23.4 Å². The maximum atomic E-state index is 12.5. The largest absolute Gasteiger partial charge is 0.411 e. The van der Waals surface area contributed by atoms with E-state index in [0.29, 0.717) is 35.8 Å². The molecule has 0 spiro atoms. The zero-order valence-corrected chi connectivity index (χ0v) is 17.4. The number of hydrogen-bond donors (Lipinski definition) is 1. The van der Waals surface area contributed by atoms with Gasteiger partial charge in [0.25, 0.3) is 5.22 Å². The number of H-pyrrole nitrogens is 1. The molecule has 0 bridgehead atoms. The third kappa shape index (κ3) is 5.14. The fourth-order valence-corrected chi connectivity index (χ4v) is 3.80. The van der Waals surface area contributed by atoms with Crippen LogP contribution in [0.25, 0.3) is 11.5 Å². The Morgan fingerprint density at radius 3 is 2.66 bits per heavy atom. The number of nitrogens with one attached hydrogen (secondary N) is 1. The molecule has 29 heavy (non-hydrogen) atoms. The van der Waals surface area contributed by atoms with Crippen LogP contribution in [0.15, 0.2) is 33.9 Å². The summed E-state index contributed by atoms with van der Waals surface area (Å²) in [6.45, 7) is 5.53. The average molecular weight is 434 g/mol. The van der Waals surface area contributed by atoms with E-state index < -0.39 is 0 Å². The zero-order valence-electron chi connectivity index (χ0n) is 15.8. The Kier molecular flexibility index (Phi) is 6.12. The van der Waals surface area contributed by atoms with Gasteiger partial charge in [0.1, 0.15) is 5.82 Å². The number of carbonyl (C=O) groups is 1. The van der Waals surface area contributed by atoms with Crippen LogP contribution in [0.2, 0.25) is 5.02 Å². The summed E-state index contributed by atoms with van der Waals surface area (Å²) in [6, 6.07) is 7.16. The van der Waals surface area contributed by atoms with Crippen molar-refractivity contribution in [1.82, 2.24) is 35.2 Å². The number of carbonyl (C=O) groups excluding carboxylic acids is 1. The second kappa shape index (κ2) is 8.93. The lowest BCUT2D eigenvalue weighted by molar-refractivity contribution is -0.130. The van der Waals surface area contributed by atoms with Gasteiger partial charge in [-0.2, -0.15) is 5.10 Å². The van der Waals surface area contributed by atoms with Gasteiger partial charge in [-0.15, -0.1) is 10.2 Å². The molecule has 0 atom stereocenters. The van der Waals surface area contributed by atoms with Crippen molar-refractivity contribution in [2.24, 2.45) is 0 Å². The quantitative estimate of drug-likeness (QED) is 0.590. The molecule has 0 unspecified atom stereocenters. The number of benzene rings is 1. The number of aromatic nitrogens is 5. The third-order valence-electron chi connectivity index (χ3n) is 4.55. The summed E-state index contributed by atoms with van der Waals surface area (Å²) in [5.74, 6) is 2.33. The highest BCUT2D eigenvalue weighted by atomic mass is 35.5. The minimum absolute atomic E-state index is 0.0645. The van der Waals surface area contributed by atoms with E-state index in [1.807, 2.05) is 24.0 Å². The number of nitrogens with zero attached hydrogens (tertiary/aromatic N) is 6. The van der Waals surface area contributed by atoms with E-state index in [9.17, 15) is 4.79 Å². The summed E-state index contributed by atoms with van der Waals surface area (Å²) in [5.41, 5.74) is 0.790. The van der Waals surface area contributed by atoms with E-state index in [4.69, 9.17) is 16.0 Å². The molecule has 11 heteroatoms. The first-order valence-electron chi connectivity index (χ1n) is 9.17. The van der Waals surface area contributed by atoms with Crippen molar-refractivity contribution >= 4 is 29.3 Å². The minimum atomic E-state index is 0.0645. The Hall–Kier alpha value is -2.43. The molecule has 0 aliphatic carbocycles. The van der Waals surface area contributed by atoms with Gasteiger partial charge in [-0.25, -0.2) is 4.98 Å². The summed E-state index contributed by atoms with van der Waals surface area (Å²) in [4.78, 5) is 20.9. The number of hydrogen-bond acceptors (Lipinski definition) is 8. The Bertz CT molecular complexity index is 967. The summed E-state index contributed by atoms with van der Waals surface area (Å²) < 4.78 is 5.63. The van der Waals surface area contributed by atoms with Crippen molar-refractivity contribution in [2.45, 2.75) is 18.7 Å². The molecule has 1 amide bonds. The molecular weight excluding hydrogens is 414 g/mol. The van der Waals surface area contributed by atoms with Gasteiger partial charge in [0.15, 0.2) is 5.82 Å². The molecule has 1 aliphatic rings. The molecule has 3 heterocycles. The number of halogens is 1. The van der Waals surface area contributed by atoms with E-state index in [-0.39, 0.29) is 11.7 Å². The van der Waals surface area contributed by atoms with E-state index >= 15 is 0 Å². The first kappa shape index (κ1) is 19.9. The maximum absolute atomic E-state index is 12.5. The van der Waals surface area contributed by atoms with Gasteiger partial charge in [0, 0.05) is 36.8 Å². The van der Waals surface area contributed by atoms with E-state index in [2.05, 4.69) is 30.3 Å². The van der Waals surface area contributed by atoms with E-state index in [1.165, 1.54) is 11.8 Å². The van der Waals surface area contributed by atoms with Crippen LogP contribution in [-0.4, -0.2) is 73.0 Å². The smallest absolute Gasteiger partial charge is 0.277 e. The number of rotatable bonds is 6. The standard InChI is InChI=1S/C18H20ClN7O2S/c1-12-20-15(22-21-12)10-25-6-8-26(9-7-25)16(27)11-29-18-24-23-17(28-18)13-2-4-14(19)5-3-13/h2-5H,6-11H2,1H3,(H,20,21,22). The number of amides is 1. The lowest BCUT2D eigenvalue weighted by Crippen LogP contribution is -2.48. The van der Waals surface area contributed by atoms with Crippen LogP contribution in [0.4, 0.5) is 0 Å². The lowest BCUT2D eigenvalue weighted by atomic mass is 10.2. The van der Waals surface area contributed by atoms with Gasteiger partial charge in [0.2, 0.25) is 11.8 Å². The van der Waals surface area contributed by atoms with Crippen molar-refractivity contribution in [3.63, 3.8) is 0 Å². The van der Waals surface area contributed by atoms with Crippen molar-refractivity contribution in [3.05, 3.63) is 40.9 Å². The van der Waals surface area contributed by atoms with E-state index in [1.54, 1.807) is 12.1 Å². The lowest BCUT2D eigenvalue weighted by Gasteiger charge is -2.34. The monoisotopic (exact) mass is 433 g/mol. The second-order valence-electron chi connectivity index (χ2n) is 6.66. The Balaban J connectivity index is 1.24. The van der Waals surface area contributed by atoms with Crippen molar-refractivity contribution in [2.75, 3.05) is 31.9 Å². The Morgan fingerprint density at radius 1 is 1.21 bits per heavy atom. The number of aryl methyl sites for hydroxylation is 1. The first-order valence-corrected chi connectivity index (χ1v) is 10.5. The van der Waals surface area contributed by atoms with E-state index in [0.717, 1.165) is 30.3 Å². The van der Waals surface area contributed by atoms with Crippen LogP contribution >= 0.6 is 23.4 Å². The van der Waals surface area contributed by atoms with Gasteiger partial charge >= 0.3 is 0 Å². The highest BCUT2D eigenvalue weighted by molar-refractivity contribution is 7.99. The first-order chi connectivity index (χ1) is 14.1. The minimum Gasteiger partial charge on any atom is -0.411 e. The van der Waals surface area contributed by atoms with Crippen molar-refractivity contribution in [1.29, 1.82) is 0 Å². The molecule has 2 aromatic heterocycles. The molecule has 9 nitrogen and oxygen atoms in total. The summed E-state index contributed by atoms with van der Waals surface area (Å²) in [6.07, 6.45) is 0. The van der Waals surface area contributed by atoms with Gasteiger partial charge in [-0.05, 0) is 31.2 Å². The molecule has 152 valence electrons. The van der Waals surface area contributed by atoms with Crippen LogP contribution < -0.4 is 0 Å². The van der Waals surface area contributed by atoms with Crippen LogP contribution in [0.5, 0.6) is 0 Å². The summed E-state index contributed by atoms with van der Waals surface area (Å²) in [7, 11) is 0. The molecule has 1 aromatic carbocycles. The predicted octanol–water partition coefficient (Wildman–Crippen LogP) is 2.25. The van der Waals surface area contributed by atoms with Crippen molar-refractivity contribution < 1.29 is 9.21 Å². The second-order valence-corrected chi connectivity index (χ2v) is 8.03. The molecule has 0 radical (unpaired) electrons. The highest BCUT2D eigenvalue weighted by Gasteiger charge is 2.22. The molecule has 4 rings (SSSR count). The van der Waals surface area contributed by atoms with Gasteiger partial charge < -0.3 is 9.32 Å². The Labute approximate surface area is 176 Å². The third-order valence-corrected chi connectivity index (χ3v) is 5.61. The molecule has 1 fully saturated rings. The molecular formula is C18H20ClN7O2S. The molecule has 1 aliphatic heterocycles. The summed E-state index contributed by atoms with van der Waals surface area (Å²) in [5, 5.41) is 16.1. The van der Waals surface area contributed by atoms with Crippen LogP contribution in [0.3, 0.4) is 0 Å². The fraction of sp³-hybridized carbons (Fsp3) is 0.389. The zero-order chi connectivity index (χ0) is 20.2. The fourth-order valence-electron chi connectivity index (χ4n) is 3.01. The SMILES string of the molecule is Cc1nc(CN2CCN(C(=O)CSc3nnc(-c4ccc(Cl)cc4)o3)CC2)n[nH]1. The summed E-state index contributed by atoms with van der Waals surface area (Å²) >= 11 is 7.14. The molecule has 1 saturated heterocycles. The van der Waals surface area contributed by atoms with Crippen LogP contribution in [0.1, 0.15) is 11.6 Å². The normalized spacial score (nSPS) is 15.0.